The maximum atomic E-state index is 12.9. The maximum absolute atomic E-state index is 12.9. The fourth-order valence-electron chi connectivity index (χ4n) is 2.21. The number of nitrogens with one attached hydrogen (secondary N) is 2. The number of anilines is 3. The molecule has 0 fully saturated rings. The van der Waals surface area contributed by atoms with Crippen LogP contribution < -0.4 is 10.6 Å². The van der Waals surface area contributed by atoms with Crippen molar-refractivity contribution in [3.05, 3.63) is 54.4 Å². The highest BCUT2D eigenvalue weighted by Crippen LogP contribution is 2.29. The largest absolute Gasteiger partial charge is 0.433 e. The average molecular weight is 373 g/mol. The van der Waals surface area contributed by atoms with Gasteiger partial charge in [-0.05, 0) is 38.1 Å². The quantitative estimate of drug-likeness (QED) is 0.694. The van der Waals surface area contributed by atoms with Crippen molar-refractivity contribution in [1.29, 1.82) is 0 Å². The summed E-state index contributed by atoms with van der Waals surface area (Å²) in [5.74, 6) is 0.801. The first-order chi connectivity index (χ1) is 12.8. The van der Waals surface area contributed by atoms with Crippen molar-refractivity contribution in [3.8, 4) is 11.4 Å². The minimum absolute atomic E-state index is 0.0631. The number of hydrogen-bond acceptors (Lipinski definition) is 6. The highest BCUT2D eigenvalue weighted by molar-refractivity contribution is 5.61. The SMILES string of the molecule is CC(C)Nc1nc(Nc2ccnc(C(F)(F)F)c2)nc(-c2c[c]ccc2)n1. The van der Waals surface area contributed by atoms with Crippen molar-refractivity contribution in [1.82, 2.24) is 19.9 Å². The van der Waals surface area contributed by atoms with Crippen LogP contribution in [0.15, 0.2) is 42.6 Å². The molecule has 2 aromatic heterocycles. The molecule has 0 aliphatic rings. The van der Waals surface area contributed by atoms with Gasteiger partial charge in [0.1, 0.15) is 5.69 Å². The van der Waals surface area contributed by atoms with E-state index in [-0.39, 0.29) is 17.7 Å². The molecule has 0 amide bonds. The molecular formula is C18H16F3N6. The van der Waals surface area contributed by atoms with E-state index in [1.807, 2.05) is 19.9 Å². The Morgan fingerprint density at radius 1 is 1.07 bits per heavy atom. The van der Waals surface area contributed by atoms with Crippen LogP contribution in [-0.2, 0) is 6.18 Å². The van der Waals surface area contributed by atoms with Crippen LogP contribution in [0.2, 0.25) is 0 Å². The van der Waals surface area contributed by atoms with Crippen LogP contribution in [0.5, 0.6) is 0 Å². The van der Waals surface area contributed by atoms with Crippen LogP contribution in [0.25, 0.3) is 11.4 Å². The van der Waals surface area contributed by atoms with E-state index in [2.05, 4.69) is 36.6 Å². The molecule has 1 aromatic carbocycles. The summed E-state index contributed by atoms with van der Waals surface area (Å²) < 4.78 is 38.6. The van der Waals surface area contributed by atoms with E-state index in [1.165, 1.54) is 6.07 Å². The first-order valence-electron chi connectivity index (χ1n) is 8.10. The third-order valence-electron chi connectivity index (χ3n) is 3.32. The minimum Gasteiger partial charge on any atom is -0.352 e. The van der Waals surface area contributed by atoms with Crippen LogP contribution in [0.3, 0.4) is 0 Å². The van der Waals surface area contributed by atoms with Crippen molar-refractivity contribution in [2.75, 3.05) is 10.6 Å². The first kappa shape index (κ1) is 18.6. The van der Waals surface area contributed by atoms with E-state index in [9.17, 15) is 13.2 Å². The molecule has 0 spiro atoms. The summed E-state index contributed by atoms with van der Waals surface area (Å²) in [6, 6.07) is 12.4. The van der Waals surface area contributed by atoms with Gasteiger partial charge in [-0.25, -0.2) is 0 Å². The molecule has 0 unspecified atom stereocenters. The molecule has 139 valence electrons. The molecule has 0 atom stereocenters. The standard InChI is InChI=1S/C18H16F3N6/c1-11(2)23-16-25-15(12-6-4-3-5-7-12)26-17(27-16)24-13-8-9-22-14(10-13)18(19,20)21/h3-4,6-11H,1-2H3,(H2,22,23,24,25,26,27). The summed E-state index contributed by atoms with van der Waals surface area (Å²) in [5, 5.41) is 5.86. The maximum Gasteiger partial charge on any atom is 0.433 e. The Labute approximate surface area is 153 Å². The zero-order chi connectivity index (χ0) is 19.4. The molecule has 0 saturated heterocycles. The predicted octanol–water partition coefficient (Wildman–Crippen LogP) is 4.32. The lowest BCUT2D eigenvalue weighted by molar-refractivity contribution is -0.141. The van der Waals surface area contributed by atoms with Crippen molar-refractivity contribution >= 4 is 17.6 Å². The lowest BCUT2D eigenvalue weighted by Crippen LogP contribution is -2.14. The molecule has 2 N–H and O–H groups in total. The number of hydrogen-bond donors (Lipinski definition) is 2. The van der Waals surface area contributed by atoms with E-state index >= 15 is 0 Å². The molecule has 9 heteroatoms. The zero-order valence-corrected chi connectivity index (χ0v) is 14.5. The molecule has 27 heavy (non-hydrogen) atoms. The Morgan fingerprint density at radius 2 is 1.85 bits per heavy atom. The van der Waals surface area contributed by atoms with Gasteiger partial charge in [-0.15, -0.1) is 0 Å². The molecule has 6 nitrogen and oxygen atoms in total. The van der Waals surface area contributed by atoms with Gasteiger partial charge >= 0.3 is 6.18 Å². The number of halogens is 3. The molecule has 2 heterocycles. The third kappa shape index (κ3) is 4.90. The van der Waals surface area contributed by atoms with Gasteiger partial charge in [0, 0.05) is 23.5 Å². The molecule has 1 radical (unpaired) electrons. The van der Waals surface area contributed by atoms with Crippen LogP contribution in [0.1, 0.15) is 19.5 Å². The van der Waals surface area contributed by atoms with Crippen molar-refractivity contribution in [3.63, 3.8) is 0 Å². The second-order valence-electron chi connectivity index (χ2n) is 5.95. The Morgan fingerprint density at radius 3 is 2.52 bits per heavy atom. The second kappa shape index (κ2) is 7.56. The summed E-state index contributed by atoms with van der Waals surface area (Å²) >= 11 is 0. The van der Waals surface area contributed by atoms with E-state index in [4.69, 9.17) is 0 Å². The molecular weight excluding hydrogens is 357 g/mol. The molecule has 0 bridgehead atoms. The van der Waals surface area contributed by atoms with Crippen LogP contribution >= 0.6 is 0 Å². The van der Waals surface area contributed by atoms with Crippen LogP contribution in [0.4, 0.5) is 30.8 Å². The van der Waals surface area contributed by atoms with Gasteiger partial charge in [0.05, 0.1) is 0 Å². The third-order valence-corrected chi connectivity index (χ3v) is 3.32. The lowest BCUT2D eigenvalue weighted by Gasteiger charge is -2.13. The minimum atomic E-state index is -4.54. The Bertz CT molecular complexity index is 912. The summed E-state index contributed by atoms with van der Waals surface area (Å²) in [5.41, 5.74) is -0.120. The summed E-state index contributed by atoms with van der Waals surface area (Å²) in [7, 11) is 0. The van der Waals surface area contributed by atoms with Crippen molar-refractivity contribution in [2.45, 2.75) is 26.1 Å². The van der Waals surface area contributed by atoms with Crippen LogP contribution in [-0.4, -0.2) is 26.0 Å². The second-order valence-corrected chi connectivity index (χ2v) is 5.95. The summed E-state index contributed by atoms with van der Waals surface area (Å²) in [6.07, 6.45) is -3.46. The zero-order valence-electron chi connectivity index (χ0n) is 14.5. The highest BCUT2D eigenvalue weighted by atomic mass is 19.4. The fraction of sp³-hybridized carbons (Fsp3) is 0.222. The van der Waals surface area contributed by atoms with Gasteiger partial charge in [0.25, 0.3) is 0 Å². The topological polar surface area (TPSA) is 75.6 Å². The molecule has 0 saturated carbocycles. The molecule has 0 aliphatic heterocycles. The van der Waals surface area contributed by atoms with Gasteiger partial charge in [0.15, 0.2) is 5.82 Å². The predicted molar refractivity (Wildman–Crippen MR) is 95.4 cm³/mol. The average Bonchev–Trinajstić information content (AvgIpc) is 2.61. The number of benzene rings is 1. The van der Waals surface area contributed by atoms with E-state index in [1.54, 1.807) is 18.2 Å². The van der Waals surface area contributed by atoms with Crippen molar-refractivity contribution in [2.24, 2.45) is 0 Å². The van der Waals surface area contributed by atoms with E-state index in [0.29, 0.717) is 17.3 Å². The number of nitrogens with zero attached hydrogens (tertiary/aromatic N) is 4. The normalized spacial score (nSPS) is 11.5. The number of aromatic nitrogens is 4. The smallest absolute Gasteiger partial charge is 0.352 e. The van der Waals surface area contributed by atoms with Gasteiger partial charge in [0.2, 0.25) is 11.9 Å². The van der Waals surface area contributed by atoms with Gasteiger partial charge in [-0.1, -0.05) is 18.2 Å². The number of alkyl halides is 3. The monoisotopic (exact) mass is 373 g/mol. The molecule has 3 rings (SSSR count). The van der Waals surface area contributed by atoms with Crippen LogP contribution in [0, 0.1) is 6.07 Å². The Balaban J connectivity index is 1.97. The first-order valence-corrected chi connectivity index (χ1v) is 8.10. The molecule has 3 aromatic rings. The van der Waals surface area contributed by atoms with Gasteiger partial charge in [-0.3, -0.25) is 4.98 Å². The Hall–Kier alpha value is -3.23. The fourth-order valence-corrected chi connectivity index (χ4v) is 2.21. The van der Waals surface area contributed by atoms with E-state index in [0.717, 1.165) is 12.3 Å². The Kier molecular flexibility index (Phi) is 5.20. The number of rotatable bonds is 5. The highest BCUT2D eigenvalue weighted by Gasteiger charge is 2.32. The number of pyridine rings is 1. The van der Waals surface area contributed by atoms with E-state index < -0.39 is 11.9 Å². The van der Waals surface area contributed by atoms with Crippen molar-refractivity contribution < 1.29 is 13.2 Å². The summed E-state index contributed by atoms with van der Waals surface area (Å²) in [4.78, 5) is 16.2. The molecule has 0 aliphatic carbocycles. The van der Waals surface area contributed by atoms with Gasteiger partial charge < -0.3 is 10.6 Å². The summed E-state index contributed by atoms with van der Waals surface area (Å²) in [6.45, 7) is 3.84. The van der Waals surface area contributed by atoms with Gasteiger partial charge in [-0.2, -0.15) is 28.1 Å². The lowest BCUT2D eigenvalue weighted by atomic mass is 10.2.